The Hall–Kier alpha value is -2.31. The van der Waals surface area contributed by atoms with Gasteiger partial charge in [-0.2, -0.15) is 13.2 Å². The van der Waals surface area contributed by atoms with Crippen molar-refractivity contribution < 1.29 is 13.2 Å². The van der Waals surface area contributed by atoms with Crippen LogP contribution in [0, 0.1) is 6.92 Å². The van der Waals surface area contributed by atoms with Crippen molar-refractivity contribution in [2.75, 3.05) is 11.1 Å². The summed E-state index contributed by atoms with van der Waals surface area (Å²) in [7, 11) is 0. The maximum atomic E-state index is 12.7. The average Bonchev–Trinajstić information content (AvgIpc) is 2.33. The Balaban J connectivity index is 2.29. The fourth-order valence-electron chi connectivity index (χ4n) is 1.56. The Kier molecular flexibility index (Phi) is 3.28. The highest BCUT2D eigenvalue weighted by Gasteiger charge is 2.32. The van der Waals surface area contributed by atoms with Crippen LogP contribution < -0.4 is 11.1 Å². The van der Waals surface area contributed by atoms with Crippen molar-refractivity contribution >= 4 is 17.3 Å². The molecule has 0 bridgehead atoms. The lowest BCUT2D eigenvalue weighted by Gasteiger charge is -2.12. The zero-order valence-corrected chi connectivity index (χ0v) is 9.99. The van der Waals surface area contributed by atoms with Gasteiger partial charge in [-0.05, 0) is 24.6 Å². The second kappa shape index (κ2) is 4.75. The van der Waals surface area contributed by atoms with E-state index in [-0.39, 0.29) is 17.1 Å². The summed E-state index contributed by atoms with van der Waals surface area (Å²) in [4.78, 5) is 7.70. The quantitative estimate of drug-likeness (QED) is 0.878. The summed E-state index contributed by atoms with van der Waals surface area (Å²) in [5.41, 5.74) is 5.15. The van der Waals surface area contributed by atoms with Crippen LogP contribution in [0.1, 0.15) is 11.1 Å². The number of nitrogens with one attached hydrogen (secondary N) is 1. The first kappa shape index (κ1) is 13.1. The number of alkyl halides is 3. The lowest BCUT2D eigenvalue weighted by atomic mass is 10.1. The van der Waals surface area contributed by atoms with Gasteiger partial charge in [-0.15, -0.1) is 0 Å². The number of anilines is 3. The lowest BCUT2D eigenvalue weighted by Crippen LogP contribution is -2.08. The minimum atomic E-state index is -4.38. The number of nitrogens with zero attached hydrogens (tertiary/aromatic N) is 2. The number of nitrogen functional groups attached to an aromatic ring is 1. The molecule has 2 rings (SSSR count). The van der Waals surface area contributed by atoms with Crippen molar-refractivity contribution in [3.05, 3.63) is 41.7 Å². The smallest absolute Gasteiger partial charge is 0.382 e. The van der Waals surface area contributed by atoms with Crippen LogP contribution in [0.5, 0.6) is 0 Å². The number of nitrogens with two attached hydrogens (primary N) is 1. The van der Waals surface area contributed by atoms with Crippen LogP contribution in [0.3, 0.4) is 0 Å². The third-order valence-corrected chi connectivity index (χ3v) is 2.49. The van der Waals surface area contributed by atoms with Crippen LogP contribution in [-0.4, -0.2) is 9.97 Å². The number of aryl methyl sites for hydroxylation is 1. The molecule has 0 aliphatic rings. The van der Waals surface area contributed by atoms with Crippen LogP contribution in [0.15, 0.2) is 30.6 Å². The normalized spacial score (nSPS) is 11.4. The topological polar surface area (TPSA) is 63.8 Å². The van der Waals surface area contributed by atoms with Crippen LogP contribution >= 0.6 is 0 Å². The predicted octanol–water partition coefficient (Wildman–Crippen LogP) is 3.13. The van der Waals surface area contributed by atoms with Gasteiger partial charge in [0.15, 0.2) is 0 Å². The molecule has 0 amide bonds. The molecule has 1 aromatic heterocycles. The molecular formula is C12H11F3N4. The summed E-state index contributed by atoms with van der Waals surface area (Å²) in [6.45, 7) is 1.41. The van der Waals surface area contributed by atoms with Gasteiger partial charge < -0.3 is 11.1 Å². The third-order valence-electron chi connectivity index (χ3n) is 2.49. The average molecular weight is 268 g/mol. The molecule has 1 aromatic carbocycles. The van der Waals surface area contributed by atoms with Crippen molar-refractivity contribution in [2.45, 2.75) is 13.1 Å². The molecule has 7 heteroatoms. The van der Waals surface area contributed by atoms with Gasteiger partial charge in [-0.25, -0.2) is 9.97 Å². The molecule has 0 atom stereocenters. The van der Waals surface area contributed by atoms with Gasteiger partial charge in [-0.3, -0.25) is 0 Å². The largest absolute Gasteiger partial charge is 0.416 e. The fourth-order valence-corrected chi connectivity index (χ4v) is 1.56. The molecular weight excluding hydrogens is 257 g/mol. The molecule has 3 N–H and O–H groups in total. The molecule has 0 spiro atoms. The van der Waals surface area contributed by atoms with Crippen LogP contribution in [0.2, 0.25) is 0 Å². The molecule has 19 heavy (non-hydrogen) atoms. The van der Waals surface area contributed by atoms with E-state index in [1.165, 1.54) is 25.4 Å². The SMILES string of the molecule is Cc1ccc(Nc2cnc(N)cn2)cc1C(F)(F)F. The third kappa shape index (κ3) is 3.12. The Labute approximate surface area is 107 Å². The Bertz CT molecular complexity index is 579. The minimum Gasteiger partial charge on any atom is -0.382 e. The Morgan fingerprint density at radius 2 is 1.89 bits per heavy atom. The molecule has 0 unspecified atom stereocenters. The fraction of sp³-hybridized carbons (Fsp3) is 0.167. The molecule has 0 aliphatic carbocycles. The van der Waals surface area contributed by atoms with E-state index in [4.69, 9.17) is 5.73 Å². The van der Waals surface area contributed by atoms with Crippen molar-refractivity contribution in [3.63, 3.8) is 0 Å². The molecule has 1 heterocycles. The molecule has 100 valence electrons. The highest BCUT2D eigenvalue weighted by Crippen LogP contribution is 2.33. The molecule has 2 aromatic rings. The second-order valence-corrected chi connectivity index (χ2v) is 3.98. The lowest BCUT2D eigenvalue weighted by molar-refractivity contribution is -0.138. The van der Waals surface area contributed by atoms with E-state index in [0.717, 1.165) is 6.07 Å². The molecule has 0 fully saturated rings. The number of halogens is 3. The van der Waals surface area contributed by atoms with E-state index in [0.29, 0.717) is 5.82 Å². The monoisotopic (exact) mass is 268 g/mol. The van der Waals surface area contributed by atoms with E-state index in [1.54, 1.807) is 6.07 Å². The van der Waals surface area contributed by atoms with Crippen LogP contribution in [0.25, 0.3) is 0 Å². The van der Waals surface area contributed by atoms with Gasteiger partial charge in [0.05, 0.1) is 18.0 Å². The number of hydrogen-bond donors (Lipinski definition) is 2. The highest BCUT2D eigenvalue weighted by atomic mass is 19.4. The predicted molar refractivity (Wildman–Crippen MR) is 65.9 cm³/mol. The van der Waals surface area contributed by atoms with Crippen molar-refractivity contribution in [1.82, 2.24) is 9.97 Å². The standard InChI is InChI=1S/C12H11F3N4/c1-7-2-3-8(4-9(7)12(13,14)15)19-11-6-17-10(16)5-18-11/h2-6H,1H3,(H2,16,17)(H,18,19). The number of benzene rings is 1. The van der Waals surface area contributed by atoms with Gasteiger partial charge in [0.2, 0.25) is 0 Å². The van der Waals surface area contributed by atoms with Crippen LogP contribution in [-0.2, 0) is 6.18 Å². The number of aromatic nitrogens is 2. The second-order valence-electron chi connectivity index (χ2n) is 3.98. The molecule has 0 saturated heterocycles. The van der Waals surface area contributed by atoms with Crippen LogP contribution in [0.4, 0.5) is 30.5 Å². The number of hydrogen-bond acceptors (Lipinski definition) is 4. The Morgan fingerprint density at radius 3 is 2.47 bits per heavy atom. The zero-order chi connectivity index (χ0) is 14.0. The summed E-state index contributed by atoms with van der Waals surface area (Å²) in [5.74, 6) is 0.566. The van der Waals surface area contributed by atoms with Crippen molar-refractivity contribution in [1.29, 1.82) is 0 Å². The minimum absolute atomic E-state index is 0.168. The van der Waals surface area contributed by atoms with E-state index < -0.39 is 11.7 Å². The summed E-state index contributed by atoms with van der Waals surface area (Å²) in [5, 5.41) is 2.74. The summed E-state index contributed by atoms with van der Waals surface area (Å²) >= 11 is 0. The van der Waals surface area contributed by atoms with E-state index >= 15 is 0 Å². The van der Waals surface area contributed by atoms with Crippen molar-refractivity contribution in [3.8, 4) is 0 Å². The Morgan fingerprint density at radius 1 is 1.16 bits per heavy atom. The molecule has 0 radical (unpaired) electrons. The summed E-state index contributed by atoms with van der Waals surface area (Å²) in [6.07, 6.45) is -1.71. The maximum Gasteiger partial charge on any atom is 0.416 e. The zero-order valence-electron chi connectivity index (χ0n) is 9.99. The summed E-state index contributed by atoms with van der Waals surface area (Å²) < 4.78 is 38.2. The van der Waals surface area contributed by atoms with Gasteiger partial charge in [0.1, 0.15) is 11.6 Å². The first-order chi connectivity index (χ1) is 8.86. The van der Waals surface area contributed by atoms with Crippen molar-refractivity contribution in [2.24, 2.45) is 0 Å². The highest BCUT2D eigenvalue weighted by molar-refractivity contribution is 5.58. The van der Waals surface area contributed by atoms with Gasteiger partial charge in [0.25, 0.3) is 0 Å². The van der Waals surface area contributed by atoms with E-state index in [9.17, 15) is 13.2 Å². The number of rotatable bonds is 2. The molecule has 0 aliphatic heterocycles. The maximum absolute atomic E-state index is 12.7. The van der Waals surface area contributed by atoms with E-state index in [1.807, 2.05) is 0 Å². The van der Waals surface area contributed by atoms with Gasteiger partial charge >= 0.3 is 6.18 Å². The summed E-state index contributed by atoms with van der Waals surface area (Å²) in [6, 6.07) is 3.98. The molecule has 0 saturated carbocycles. The first-order valence-corrected chi connectivity index (χ1v) is 5.38. The molecule has 4 nitrogen and oxygen atoms in total. The first-order valence-electron chi connectivity index (χ1n) is 5.38. The van der Waals surface area contributed by atoms with Gasteiger partial charge in [0, 0.05) is 5.69 Å². The van der Waals surface area contributed by atoms with Gasteiger partial charge in [-0.1, -0.05) is 6.07 Å². The van der Waals surface area contributed by atoms with E-state index in [2.05, 4.69) is 15.3 Å².